The Hall–Kier alpha value is -0.500. The molecular weight excluding hydrogens is 196 g/mol. The van der Waals surface area contributed by atoms with Crippen LogP contribution in [0.3, 0.4) is 0 Å². The summed E-state index contributed by atoms with van der Waals surface area (Å²) in [5.41, 5.74) is 2.87. The van der Waals surface area contributed by atoms with E-state index in [1.165, 1.54) is 18.5 Å². The minimum Gasteiger partial charge on any atom is -0.270 e. The minimum absolute atomic E-state index is 0.404. The highest BCUT2D eigenvalue weighted by Gasteiger charge is 2.42. The van der Waals surface area contributed by atoms with Gasteiger partial charge in [-0.2, -0.15) is 5.10 Å². The van der Waals surface area contributed by atoms with E-state index >= 15 is 0 Å². The van der Waals surface area contributed by atoms with Gasteiger partial charge in [0.1, 0.15) is 0 Å². The van der Waals surface area contributed by atoms with Crippen molar-refractivity contribution < 1.29 is 0 Å². The molecule has 3 heteroatoms. The molecule has 78 valence electrons. The Balaban J connectivity index is 2.15. The third kappa shape index (κ3) is 1.81. The average Bonchev–Trinajstić information content (AvgIpc) is 2.85. The second-order valence-electron chi connectivity index (χ2n) is 4.40. The molecule has 1 saturated carbocycles. The van der Waals surface area contributed by atoms with E-state index in [4.69, 9.17) is 11.6 Å². The van der Waals surface area contributed by atoms with Crippen molar-refractivity contribution in [2.45, 2.75) is 39.7 Å². The number of alkyl halides is 1. The maximum absolute atomic E-state index is 5.98. The van der Waals surface area contributed by atoms with Crippen LogP contribution in [0.15, 0.2) is 6.07 Å². The highest BCUT2D eigenvalue weighted by atomic mass is 35.5. The fourth-order valence-electron chi connectivity index (χ4n) is 1.93. The molecule has 1 aromatic rings. The predicted molar refractivity (Wildman–Crippen MR) is 58.7 cm³/mol. The molecule has 0 bridgehead atoms. The standard InChI is InChI=1S/C11H17ClN2/c1-3-14-10(6-9(2)13-14)7-11(8-12)4-5-11/h6H,3-5,7-8H2,1-2H3. The van der Waals surface area contributed by atoms with Crippen LogP contribution >= 0.6 is 11.6 Å². The van der Waals surface area contributed by atoms with Crippen LogP contribution in [0, 0.1) is 12.3 Å². The van der Waals surface area contributed by atoms with Crippen molar-refractivity contribution in [3.8, 4) is 0 Å². The first-order valence-corrected chi connectivity index (χ1v) is 5.82. The van der Waals surface area contributed by atoms with E-state index in [1.807, 2.05) is 0 Å². The maximum Gasteiger partial charge on any atom is 0.0596 e. The molecule has 0 spiro atoms. The first-order chi connectivity index (χ1) is 6.69. The van der Waals surface area contributed by atoms with Gasteiger partial charge in [0.15, 0.2) is 0 Å². The molecule has 0 N–H and O–H groups in total. The van der Waals surface area contributed by atoms with Crippen LogP contribution in [0.1, 0.15) is 31.2 Å². The first kappa shape index (κ1) is 10.0. The smallest absolute Gasteiger partial charge is 0.0596 e. The number of rotatable bonds is 4. The number of aromatic nitrogens is 2. The van der Waals surface area contributed by atoms with Crippen molar-refractivity contribution in [1.82, 2.24) is 9.78 Å². The van der Waals surface area contributed by atoms with Crippen molar-refractivity contribution in [2.75, 3.05) is 5.88 Å². The second-order valence-corrected chi connectivity index (χ2v) is 4.67. The molecule has 1 heterocycles. The Morgan fingerprint density at radius 3 is 2.79 bits per heavy atom. The lowest BCUT2D eigenvalue weighted by Gasteiger charge is -2.11. The average molecular weight is 213 g/mol. The van der Waals surface area contributed by atoms with Crippen molar-refractivity contribution >= 4 is 11.6 Å². The number of hydrogen-bond acceptors (Lipinski definition) is 1. The zero-order valence-corrected chi connectivity index (χ0v) is 9.64. The summed E-state index contributed by atoms with van der Waals surface area (Å²) in [4.78, 5) is 0. The van der Waals surface area contributed by atoms with Gasteiger partial charge >= 0.3 is 0 Å². The van der Waals surface area contributed by atoms with E-state index in [9.17, 15) is 0 Å². The van der Waals surface area contributed by atoms with E-state index in [2.05, 4.69) is 29.7 Å². The lowest BCUT2D eigenvalue weighted by atomic mass is 10.0. The molecule has 0 atom stereocenters. The zero-order chi connectivity index (χ0) is 10.2. The highest BCUT2D eigenvalue weighted by molar-refractivity contribution is 6.18. The van der Waals surface area contributed by atoms with Crippen LogP contribution in [0.25, 0.3) is 0 Å². The van der Waals surface area contributed by atoms with E-state index in [-0.39, 0.29) is 0 Å². The van der Waals surface area contributed by atoms with Crippen LogP contribution < -0.4 is 0 Å². The fourth-order valence-corrected chi connectivity index (χ4v) is 2.30. The molecule has 0 amide bonds. The minimum atomic E-state index is 0.404. The van der Waals surface area contributed by atoms with Crippen molar-refractivity contribution in [3.63, 3.8) is 0 Å². The maximum atomic E-state index is 5.98. The fraction of sp³-hybridized carbons (Fsp3) is 0.727. The quantitative estimate of drug-likeness (QED) is 0.702. The predicted octanol–water partition coefficient (Wildman–Crippen LogP) is 2.77. The van der Waals surface area contributed by atoms with Gasteiger partial charge in [0.25, 0.3) is 0 Å². The van der Waals surface area contributed by atoms with Gasteiger partial charge in [0.05, 0.1) is 5.69 Å². The molecular formula is C11H17ClN2. The topological polar surface area (TPSA) is 17.8 Å². The summed E-state index contributed by atoms with van der Waals surface area (Å²) >= 11 is 5.98. The van der Waals surface area contributed by atoms with Crippen LogP contribution in [0.2, 0.25) is 0 Å². The lowest BCUT2D eigenvalue weighted by Crippen LogP contribution is -2.11. The largest absolute Gasteiger partial charge is 0.270 e. The summed E-state index contributed by atoms with van der Waals surface area (Å²) in [5, 5.41) is 4.45. The summed E-state index contributed by atoms with van der Waals surface area (Å²) in [6.07, 6.45) is 3.67. The SMILES string of the molecule is CCn1nc(C)cc1CC1(CCl)CC1. The Morgan fingerprint density at radius 2 is 2.29 bits per heavy atom. The van der Waals surface area contributed by atoms with E-state index in [0.29, 0.717) is 5.41 Å². The summed E-state index contributed by atoms with van der Waals surface area (Å²) in [7, 11) is 0. The zero-order valence-electron chi connectivity index (χ0n) is 8.89. The molecule has 1 aliphatic carbocycles. The summed E-state index contributed by atoms with van der Waals surface area (Å²) < 4.78 is 2.10. The Kier molecular flexibility index (Phi) is 2.56. The first-order valence-electron chi connectivity index (χ1n) is 5.28. The van der Waals surface area contributed by atoms with Gasteiger partial charge in [0.2, 0.25) is 0 Å². The van der Waals surface area contributed by atoms with Gasteiger partial charge in [-0.05, 0) is 44.6 Å². The van der Waals surface area contributed by atoms with E-state index in [1.54, 1.807) is 0 Å². The Bertz CT molecular complexity index is 326. The molecule has 2 rings (SSSR count). The van der Waals surface area contributed by atoms with Crippen LogP contribution in [0.4, 0.5) is 0 Å². The van der Waals surface area contributed by atoms with Crippen LogP contribution in [-0.2, 0) is 13.0 Å². The second kappa shape index (κ2) is 3.58. The molecule has 0 saturated heterocycles. The molecule has 2 nitrogen and oxygen atoms in total. The van der Waals surface area contributed by atoms with Crippen molar-refractivity contribution in [2.24, 2.45) is 5.41 Å². The monoisotopic (exact) mass is 212 g/mol. The molecule has 14 heavy (non-hydrogen) atoms. The Labute approximate surface area is 90.3 Å². The molecule has 1 fully saturated rings. The summed E-state index contributed by atoms with van der Waals surface area (Å²) in [6.45, 7) is 5.15. The highest BCUT2D eigenvalue weighted by Crippen LogP contribution is 2.49. The Morgan fingerprint density at radius 1 is 1.57 bits per heavy atom. The van der Waals surface area contributed by atoms with Crippen LogP contribution in [-0.4, -0.2) is 15.7 Å². The summed E-state index contributed by atoms with van der Waals surface area (Å²) in [5.74, 6) is 0.793. The molecule has 0 aliphatic heterocycles. The van der Waals surface area contributed by atoms with Gasteiger partial charge in [-0.1, -0.05) is 0 Å². The van der Waals surface area contributed by atoms with E-state index in [0.717, 1.165) is 24.5 Å². The van der Waals surface area contributed by atoms with Crippen molar-refractivity contribution in [1.29, 1.82) is 0 Å². The molecule has 0 aromatic carbocycles. The van der Waals surface area contributed by atoms with Crippen LogP contribution in [0.5, 0.6) is 0 Å². The third-order valence-electron chi connectivity index (χ3n) is 3.08. The number of nitrogens with zero attached hydrogens (tertiary/aromatic N) is 2. The number of halogens is 1. The molecule has 0 unspecified atom stereocenters. The van der Waals surface area contributed by atoms with Gasteiger partial charge < -0.3 is 0 Å². The summed E-state index contributed by atoms with van der Waals surface area (Å²) in [6, 6.07) is 2.19. The molecule has 0 radical (unpaired) electrons. The number of hydrogen-bond donors (Lipinski definition) is 0. The third-order valence-corrected chi connectivity index (χ3v) is 3.65. The lowest BCUT2D eigenvalue weighted by molar-refractivity contribution is 0.523. The van der Waals surface area contributed by atoms with Gasteiger partial charge in [-0.15, -0.1) is 11.6 Å². The number of aryl methyl sites for hydroxylation is 2. The van der Waals surface area contributed by atoms with E-state index < -0.39 is 0 Å². The van der Waals surface area contributed by atoms with Crippen molar-refractivity contribution in [3.05, 3.63) is 17.5 Å². The molecule has 1 aromatic heterocycles. The molecule has 1 aliphatic rings. The van der Waals surface area contributed by atoms with Gasteiger partial charge in [-0.25, -0.2) is 0 Å². The normalized spacial score (nSPS) is 18.5. The van der Waals surface area contributed by atoms with Gasteiger partial charge in [0, 0.05) is 18.1 Å². The van der Waals surface area contributed by atoms with Gasteiger partial charge in [-0.3, -0.25) is 4.68 Å².